The van der Waals surface area contributed by atoms with Crippen molar-refractivity contribution in [3.63, 3.8) is 0 Å². The van der Waals surface area contributed by atoms with E-state index in [4.69, 9.17) is 8.92 Å². The Morgan fingerprint density at radius 1 is 1.09 bits per heavy atom. The molecule has 0 spiro atoms. The van der Waals surface area contributed by atoms with Crippen LogP contribution >= 0.6 is 34.4 Å². The van der Waals surface area contributed by atoms with Crippen molar-refractivity contribution in [2.24, 2.45) is 4.99 Å². The molecule has 0 aromatic heterocycles. The predicted octanol–water partition coefficient (Wildman–Crippen LogP) is 5.66. The van der Waals surface area contributed by atoms with E-state index in [1.165, 1.54) is 23.9 Å². The highest BCUT2D eigenvalue weighted by atomic mass is 127. The number of carbonyl (C=O) groups excluding carboxylic acids is 1. The van der Waals surface area contributed by atoms with Gasteiger partial charge in [-0.2, -0.15) is 8.42 Å². The molecule has 10 heteroatoms. The summed E-state index contributed by atoms with van der Waals surface area (Å²) in [6.45, 7) is 3.98. The first-order valence-corrected chi connectivity index (χ1v) is 13.9. The molecule has 1 N–H and O–H groups in total. The SMILES string of the molecule is CCOc1cc(/C=C2\SC(=Nc3ccccc3)NC2=O)cc(I)c1OS(=O)(=O)c1ccc(C)cc1. The number of hydrogen-bond acceptors (Lipinski definition) is 7. The average molecular weight is 620 g/mol. The van der Waals surface area contributed by atoms with Crippen molar-refractivity contribution in [3.8, 4) is 11.5 Å². The van der Waals surface area contributed by atoms with Crippen molar-refractivity contribution in [2.45, 2.75) is 18.7 Å². The van der Waals surface area contributed by atoms with Gasteiger partial charge in [0.2, 0.25) is 0 Å². The van der Waals surface area contributed by atoms with Crippen molar-refractivity contribution < 1.29 is 22.1 Å². The topological polar surface area (TPSA) is 94.1 Å². The zero-order valence-electron chi connectivity index (χ0n) is 18.8. The van der Waals surface area contributed by atoms with Crippen LogP contribution in [0.1, 0.15) is 18.1 Å². The Labute approximate surface area is 221 Å². The number of hydrogen-bond donors (Lipinski definition) is 1. The van der Waals surface area contributed by atoms with E-state index >= 15 is 0 Å². The summed E-state index contributed by atoms with van der Waals surface area (Å²) in [5.74, 6) is 0.105. The Bertz CT molecular complexity index is 1420. The van der Waals surface area contributed by atoms with Crippen LogP contribution in [-0.2, 0) is 14.9 Å². The summed E-state index contributed by atoms with van der Waals surface area (Å²) >= 11 is 3.22. The third-order valence-electron chi connectivity index (χ3n) is 4.77. The molecular formula is C25H21IN2O5S2. The molecule has 1 fully saturated rings. The molecule has 1 saturated heterocycles. The molecule has 1 aliphatic rings. The minimum atomic E-state index is -4.06. The van der Waals surface area contributed by atoms with E-state index < -0.39 is 10.1 Å². The normalized spacial score (nSPS) is 15.9. The number of para-hydroxylation sites is 1. The van der Waals surface area contributed by atoms with Crippen LogP contribution in [-0.4, -0.2) is 26.1 Å². The number of aryl methyl sites for hydroxylation is 1. The molecule has 1 aliphatic heterocycles. The van der Waals surface area contributed by atoms with Crippen molar-refractivity contribution in [3.05, 3.63) is 86.3 Å². The maximum absolute atomic E-state index is 12.9. The van der Waals surface area contributed by atoms with Crippen LogP contribution in [0.25, 0.3) is 6.08 Å². The fraction of sp³-hybridized carbons (Fsp3) is 0.120. The summed E-state index contributed by atoms with van der Waals surface area (Å²) < 4.78 is 37.4. The summed E-state index contributed by atoms with van der Waals surface area (Å²) in [4.78, 5) is 17.4. The first-order valence-electron chi connectivity index (χ1n) is 10.6. The van der Waals surface area contributed by atoms with E-state index in [9.17, 15) is 13.2 Å². The smallest absolute Gasteiger partial charge is 0.339 e. The quantitative estimate of drug-likeness (QED) is 0.208. The summed E-state index contributed by atoms with van der Waals surface area (Å²) in [6.07, 6.45) is 1.70. The zero-order valence-corrected chi connectivity index (χ0v) is 22.6. The van der Waals surface area contributed by atoms with Crippen LogP contribution in [0.4, 0.5) is 5.69 Å². The van der Waals surface area contributed by atoms with Crippen molar-refractivity contribution in [2.75, 3.05) is 6.61 Å². The lowest BCUT2D eigenvalue weighted by Gasteiger charge is -2.14. The number of rotatable bonds is 7. The average Bonchev–Trinajstić information content (AvgIpc) is 3.15. The minimum Gasteiger partial charge on any atom is -0.490 e. The van der Waals surface area contributed by atoms with Gasteiger partial charge >= 0.3 is 10.1 Å². The molecule has 3 aromatic carbocycles. The molecule has 0 saturated carbocycles. The maximum atomic E-state index is 12.9. The van der Waals surface area contributed by atoms with Crippen LogP contribution in [0, 0.1) is 10.5 Å². The summed E-state index contributed by atoms with van der Waals surface area (Å²) in [5, 5.41) is 3.24. The number of ether oxygens (including phenoxy) is 1. The van der Waals surface area contributed by atoms with Gasteiger partial charge in [-0.3, -0.25) is 4.79 Å². The van der Waals surface area contributed by atoms with E-state index in [1.54, 1.807) is 37.3 Å². The zero-order chi connectivity index (χ0) is 25.0. The van der Waals surface area contributed by atoms with Gasteiger partial charge in [0.15, 0.2) is 16.7 Å². The van der Waals surface area contributed by atoms with Gasteiger partial charge in [0.05, 0.1) is 20.8 Å². The van der Waals surface area contributed by atoms with Gasteiger partial charge in [0.1, 0.15) is 4.90 Å². The Balaban J connectivity index is 1.63. The van der Waals surface area contributed by atoms with Gasteiger partial charge in [-0.25, -0.2) is 4.99 Å². The van der Waals surface area contributed by atoms with Crippen molar-refractivity contribution in [1.82, 2.24) is 5.32 Å². The Morgan fingerprint density at radius 3 is 2.49 bits per heavy atom. The molecule has 180 valence electrons. The summed E-state index contributed by atoms with van der Waals surface area (Å²) in [6, 6.07) is 19.1. The number of nitrogens with one attached hydrogen (secondary N) is 1. The molecule has 1 heterocycles. The Morgan fingerprint density at radius 2 is 1.80 bits per heavy atom. The van der Waals surface area contributed by atoms with E-state index in [1.807, 2.05) is 59.8 Å². The number of benzene rings is 3. The van der Waals surface area contributed by atoms with E-state index in [0.717, 1.165) is 11.3 Å². The number of amides is 1. The second-order valence-electron chi connectivity index (χ2n) is 7.43. The lowest BCUT2D eigenvalue weighted by atomic mass is 10.2. The molecule has 0 bridgehead atoms. The van der Waals surface area contributed by atoms with Gasteiger partial charge < -0.3 is 14.2 Å². The van der Waals surface area contributed by atoms with Gasteiger partial charge in [-0.15, -0.1) is 0 Å². The summed E-state index contributed by atoms with van der Waals surface area (Å²) in [5.41, 5.74) is 2.34. The van der Waals surface area contributed by atoms with Gasteiger partial charge in [0.25, 0.3) is 5.91 Å². The molecule has 0 unspecified atom stereocenters. The number of carbonyl (C=O) groups is 1. The first-order chi connectivity index (χ1) is 16.7. The molecule has 0 radical (unpaired) electrons. The molecule has 0 atom stereocenters. The molecule has 3 aromatic rings. The van der Waals surface area contributed by atoms with Crippen molar-refractivity contribution in [1.29, 1.82) is 0 Å². The molecular weight excluding hydrogens is 599 g/mol. The maximum Gasteiger partial charge on any atom is 0.339 e. The van der Waals surface area contributed by atoms with Crippen LogP contribution in [0.2, 0.25) is 0 Å². The molecule has 7 nitrogen and oxygen atoms in total. The number of halogens is 1. The van der Waals surface area contributed by atoms with E-state index in [-0.39, 0.29) is 22.3 Å². The van der Waals surface area contributed by atoms with Crippen LogP contribution < -0.4 is 14.2 Å². The standard InChI is InChI=1S/C25H21IN2O5S2/c1-3-32-21-14-17(15-22-24(29)28-25(34-22)27-18-7-5-4-6-8-18)13-20(26)23(21)33-35(30,31)19-11-9-16(2)10-12-19/h4-15H,3H2,1-2H3,(H,27,28,29)/b22-15-. The third kappa shape index (κ3) is 6.24. The second kappa shape index (κ2) is 10.8. The number of amidine groups is 1. The largest absolute Gasteiger partial charge is 0.490 e. The first kappa shape index (κ1) is 25.3. The molecule has 35 heavy (non-hydrogen) atoms. The highest BCUT2D eigenvalue weighted by Gasteiger charge is 2.25. The summed E-state index contributed by atoms with van der Waals surface area (Å²) in [7, 11) is -4.06. The molecule has 0 aliphatic carbocycles. The number of aliphatic imine (C=N–C) groups is 1. The lowest BCUT2D eigenvalue weighted by molar-refractivity contribution is -0.115. The molecule has 1 amide bonds. The monoisotopic (exact) mass is 620 g/mol. The van der Waals surface area contributed by atoms with Crippen LogP contribution in [0.3, 0.4) is 0 Å². The number of nitrogens with zero attached hydrogens (tertiary/aromatic N) is 1. The van der Waals surface area contributed by atoms with Gasteiger partial charge in [-0.05, 0) is 96.2 Å². The highest BCUT2D eigenvalue weighted by Crippen LogP contribution is 2.38. The predicted molar refractivity (Wildman–Crippen MR) is 147 cm³/mol. The van der Waals surface area contributed by atoms with Crippen LogP contribution in [0.5, 0.6) is 11.5 Å². The fourth-order valence-corrected chi connectivity index (χ4v) is 5.81. The Kier molecular flexibility index (Phi) is 7.82. The van der Waals surface area contributed by atoms with E-state index in [0.29, 0.717) is 25.8 Å². The van der Waals surface area contributed by atoms with Crippen molar-refractivity contribution >= 4 is 67.3 Å². The van der Waals surface area contributed by atoms with Gasteiger partial charge in [0, 0.05) is 0 Å². The fourth-order valence-electron chi connectivity index (χ4n) is 3.13. The minimum absolute atomic E-state index is 0.0526. The number of thioether (sulfide) groups is 1. The second-order valence-corrected chi connectivity index (χ2v) is 11.2. The van der Waals surface area contributed by atoms with Gasteiger partial charge in [-0.1, -0.05) is 35.9 Å². The highest BCUT2D eigenvalue weighted by molar-refractivity contribution is 14.1. The van der Waals surface area contributed by atoms with E-state index in [2.05, 4.69) is 10.3 Å². The third-order valence-corrected chi connectivity index (χ3v) is 7.72. The Hall–Kier alpha value is -2.83. The molecule has 4 rings (SSSR count). The van der Waals surface area contributed by atoms with Crippen LogP contribution in [0.15, 0.2) is 81.5 Å². The lowest BCUT2D eigenvalue weighted by Crippen LogP contribution is -2.19.